The molecule has 0 bridgehead atoms. The maximum Gasteiger partial charge on any atom is 0.144 e. The highest BCUT2D eigenvalue weighted by molar-refractivity contribution is 9.10. The molecule has 8 heteroatoms. The van der Waals surface area contributed by atoms with Crippen LogP contribution in [0.3, 0.4) is 0 Å². The van der Waals surface area contributed by atoms with Gasteiger partial charge in [0.05, 0.1) is 16.5 Å². The van der Waals surface area contributed by atoms with Crippen LogP contribution in [0.5, 0.6) is 28.7 Å². The zero-order valence-electron chi connectivity index (χ0n) is 16.4. The Kier molecular flexibility index (Phi) is 5.95. The molecule has 0 aliphatic carbocycles. The van der Waals surface area contributed by atoms with Gasteiger partial charge in [0.25, 0.3) is 0 Å². The first-order chi connectivity index (χ1) is 14.9. The van der Waals surface area contributed by atoms with E-state index in [2.05, 4.69) is 15.9 Å². The van der Waals surface area contributed by atoms with Crippen LogP contribution >= 0.6 is 15.9 Å². The third-order valence-corrected chi connectivity index (χ3v) is 5.93. The summed E-state index contributed by atoms with van der Waals surface area (Å²) in [5, 5.41) is 40.9. The van der Waals surface area contributed by atoms with Gasteiger partial charge in [-0.05, 0) is 57.9 Å². The van der Waals surface area contributed by atoms with Crippen molar-refractivity contribution in [3.63, 3.8) is 0 Å². The van der Waals surface area contributed by atoms with Crippen LogP contribution in [0.1, 0.15) is 28.7 Å². The second kappa shape index (κ2) is 8.66. The van der Waals surface area contributed by atoms with Gasteiger partial charge in [0.15, 0.2) is 0 Å². The van der Waals surface area contributed by atoms with Gasteiger partial charge in [-0.1, -0.05) is 12.1 Å². The topological polar surface area (TPSA) is 125 Å². The van der Waals surface area contributed by atoms with Crippen molar-refractivity contribution in [2.45, 2.75) is 18.1 Å². The Morgan fingerprint density at radius 1 is 1.06 bits per heavy atom. The number of halogens is 1. The van der Waals surface area contributed by atoms with Crippen molar-refractivity contribution in [1.82, 2.24) is 0 Å². The summed E-state index contributed by atoms with van der Waals surface area (Å²) in [4.78, 5) is 0. The number of benzene rings is 3. The minimum atomic E-state index is -0.954. The van der Waals surface area contributed by atoms with E-state index < -0.39 is 18.1 Å². The van der Waals surface area contributed by atoms with Crippen LogP contribution in [-0.2, 0) is 0 Å². The lowest BCUT2D eigenvalue weighted by atomic mass is 9.82. The number of phenols is 3. The van der Waals surface area contributed by atoms with Gasteiger partial charge >= 0.3 is 0 Å². The molecule has 0 aromatic heterocycles. The first kappa shape index (κ1) is 21.3. The predicted octanol–water partition coefficient (Wildman–Crippen LogP) is 3.53. The van der Waals surface area contributed by atoms with E-state index in [0.29, 0.717) is 27.1 Å². The highest BCUT2D eigenvalue weighted by Crippen LogP contribution is 2.48. The van der Waals surface area contributed by atoms with Crippen molar-refractivity contribution in [2.24, 2.45) is 5.73 Å². The Bertz CT molecular complexity index is 1110. The van der Waals surface area contributed by atoms with E-state index in [4.69, 9.17) is 15.2 Å². The number of aliphatic hydroxyl groups is 1. The molecule has 0 amide bonds. The molecule has 1 aliphatic heterocycles. The molecule has 3 atom stereocenters. The van der Waals surface area contributed by atoms with Crippen molar-refractivity contribution < 1.29 is 29.9 Å². The van der Waals surface area contributed by atoms with E-state index in [-0.39, 0.29) is 30.4 Å². The Hall–Kier alpha value is -2.94. The van der Waals surface area contributed by atoms with Crippen molar-refractivity contribution in [1.29, 1.82) is 0 Å². The number of hydrogen-bond donors (Lipinski definition) is 5. The summed E-state index contributed by atoms with van der Waals surface area (Å²) in [7, 11) is 0. The number of nitrogens with two attached hydrogens (primary N) is 1. The van der Waals surface area contributed by atoms with Gasteiger partial charge in [-0.2, -0.15) is 0 Å². The Morgan fingerprint density at radius 2 is 1.84 bits per heavy atom. The van der Waals surface area contributed by atoms with Crippen molar-refractivity contribution >= 4 is 15.9 Å². The minimum absolute atomic E-state index is 0.000774. The standard InChI is InChI=1S/C23H22BrNO6/c24-16-8-12(4-6-17(16)27)21-20(31-14-3-1-2-13(26)9-14)11-30-23-15(19(29)10-25)5-7-18(28)22(21)23/h1-9,19-21,26-29H,10-11,25H2/t19-,20+,21+/m0/s1. The molecule has 162 valence electrons. The lowest BCUT2D eigenvalue weighted by Gasteiger charge is -2.36. The number of aliphatic hydroxyl groups excluding tert-OH is 1. The van der Waals surface area contributed by atoms with Crippen molar-refractivity contribution in [2.75, 3.05) is 13.2 Å². The molecule has 3 aromatic rings. The number of aromatic hydroxyl groups is 3. The quantitative estimate of drug-likeness (QED) is 0.372. The van der Waals surface area contributed by atoms with Crippen LogP contribution in [-0.4, -0.2) is 39.7 Å². The molecule has 7 nitrogen and oxygen atoms in total. The van der Waals surface area contributed by atoms with Gasteiger partial charge in [0.2, 0.25) is 0 Å². The molecule has 1 heterocycles. The van der Waals surface area contributed by atoms with Gasteiger partial charge in [-0.3, -0.25) is 0 Å². The van der Waals surface area contributed by atoms with Gasteiger partial charge in [0.1, 0.15) is 41.5 Å². The Balaban J connectivity index is 1.86. The van der Waals surface area contributed by atoms with E-state index >= 15 is 0 Å². The van der Waals surface area contributed by atoms with Crippen LogP contribution in [0.25, 0.3) is 0 Å². The zero-order valence-corrected chi connectivity index (χ0v) is 18.0. The summed E-state index contributed by atoms with van der Waals surface area (Å²) in [5.74, 6) is 0.447. The van der Waals surface area contributed by atoms with Gasteiger partial charge in [0, 0.05) is 23.7 Å². The van der Waals surface area contributed by atoms with Gasteiger partial charge in [-0.25, -0.2) is 0 Å². The molecular weight excluding hydrogens is 466 g/mol. The van der Waals surface area contributed by atoms with E-state index in [9.17, 15) is 20.4 Å². The molecule has 0 saturated heterocycles. The van der Waals surface area contributed by atoms with Crippen molar-refractivity contribution in [3.8, 4) is 28.7 Å². The van der Waals surface area contributed by atoms with Crippen LogP contribution in [0.4, 0.5) is 0 Å². The SMILES string of the molecule is NC[C@H](O)c1ccc(O)c2c1OC[C@@H](Oc1cccc(O)c1)[C@H]2c1ccc(O)c(Br)c1. The molecule has 3 aromatic carbocycles. The zero-order chi connectivity index (χ0) is 22.1. The summed E-state index contributed by atoms with van der Waals surface area (Å²) < 4.78 is 12.6. The Morgan fingerprint density at radius 3 is 2.55 bits per heavy atom. The third-order valence-electron chi connectivity index (χ3n) is 5.30. The van der Waals surface area contributed by atoms with E-state index in [1.807, 2.05) is 0 Å². The smallest absolute Gasteiger partial charge is 0.144 e. The number of hydrogen-bond acceptors (Lipinski definition) is 7. The summed E-state index contributed by atoms with van der Waals surface area (Å²) in [6, 6.07) is 14.5. The molecule has 0 saturated carbocycles. The van der Waals surface area contributed by atoms with Crippen LogP contribution in [0.2, 0.25) is 0 Å². The lowest BCUT2D eigenvalue weighted by molar-refractivity contribution is 0.0906. The van der Waals surface area contributed by atoms with Crippen LogP contribution < -0.4 is 15.2 Å². The average molecular weight is 488 g/mol. The van der Waals surface area contributed by atoms with E-state index in [1.165, 1.54) is 12.1 Å². The van der Waals surface area contributed by atoms with Gasteiger partial charge < -0.3 is 35.6 Å². The van der Waals surface area contributed by atoms with Crippen LogP contribution in [0.15, 0.2) is 59.1 Å². The molecule has 0 fully saturated rings. The number of ether oxygens (including phenoxy) is 2. The molecular formula is C23H22BrNO6. The maximum atomic E-state index is 10.8. The Labute approximate surface area is 187 Å². The monoisotopic (exact) mass is 487 g/mol. The number of phenolic OH excluding ortho intramolecular Hbond substituents is 3. The predicted molar refractivity (Wildman–Crippen MR) is 118 cm³/mol. The molecule has 31 heavy (non-hydrogen) atoms. The second-order valence-electron chi connectivity index (χ2n) is 7.32. The number of fused-ring (bicyclic) bond motifs is 1. The largest absolute Gasteiger partial charge is 0.508 e. The molecule has 1 aliphatic rings. The van der Waals surface area contributed by atoms with Crippen LogP contribution in [0, 0.1) is 0 Å². The molecule has 0 unspecified atom stereocenters. The molecule has 0 spiro atoms. The first-order valence-corrected chi connectivity index (χ1v) is 10.5. The summed E-state index contributed by atoms with van der Waals surface area (Å²) >= 11 is 3.34. The van der Waals surface area contributed by atoms with Gasteiger partial charge in [-0.15, -0.1) is 0 Å². The highest BCUT2D eigenvalue weighted by atomic mass is 79.9. The fourth-order valence-electron chi connectivity index (χ4n) is 3.84. The second-order valence-corrected chi connectivity index (χ2v) is 8.18. The average Bonchev–Trinajstić information content (AvgIpc) is 2.75. The highest BCUT2D eigenvalue weighted by Gasteiger charge is 2.38. The summed E-state index contributed by atoms with van der Waals surface area (Å²) in [5.41, 5.74) is 7.35. The normalized spacial score (nSPS) is 18.7. The number of rotatable bonds is 5. The lowest BCUT2D eigenvalue weighted by Crippen LogP contribution is -2.37. The minimum Gasteiger partial charge on any atom is -0.508 e. The molecule has 4 rings (SSSR count). The fourth-order valence-corrected chi connectivity index (χ4v) is 4.23. The molecule has 6 N–H and O–H groups in total. The van der Waals surface area contributed by atoms with E-state index in [0.717, 1.165) is 5.56 Å². The van der Waals surface area contributed by atoms with Crippen molar-refractivity contribution in [3.05, 3.63) is 75.8 Å². The summed E-state index contributed by atoms with van der Waals surface area (Å²) in [6.07, 6.45) is -1.52. The fraction of sp³-hybridized carbons (Fsp3) is 0.217. The summed E-state index contributed by atoms with van der Waals surface area (Å²) in [6.45, 7) is 0.124. The third kappa shape index (κ3) is 4.14. The first-order valence-electron chi connectivity index (χ1n) is 9.69. The van der Waals surface area contributed by atoms with E-state index in [1.54, 1.807) is 42.5 Å². The maximum absolute atomic E-state index is 10.8. The molecule has 0 radical (unpaired) electrons.